The summed E-state index contributed by atoms with van der Waals surface area (Å²) in [6.45, 7) is 4.60. The van der Waals surface area contributed by atoms with Gasteiger partial charge in [-0.1, -0.05) is 35.8 Å². The smallest absolute Gasteiger partial charge is 0.306 e. The van der Waals surface area contributed by atoms with Crippen molar-refractivity contribution < 1.29 is 14.6 Å². The van der Waals surface area contributed by atoms with Crippen molar-refractivity contribution in [1.82, 2.24) is 0 Å². The average molecular weight is 301 g/mol. The lowest BCUT2D eigenvalue weighted by atomic mass is 9.96. The van der Waals surface area contributed by atoms with E-state index in [0.717, 1.165) is 16.5 Å². The predicted octanol–water partition coefficient (Wildman–Crippen LogP) is 3.56. The van der Waals surface area contributed by atoms with Crippen LogP contribution in [0.3, 0.4) is 0 Å². The first-order chi connectivity index (χ1) is 8.16. The van der Waals surface area contributed by atoms with Crippen LogP contribution < -0.4 is 0 Å². The first kappa shape index (κ1) is 14.2. The minimum Gasteiger partial charge on any atom is -0.481 e. The SMILES string of the molecule is CC.O=C(O)CC1OCCc2cc(Br)ccc21. The lowest BCUT2D eigenvalue weighted by Crippen LogP contribution is -2.18. The molecular weight excluding hydrogens is 284 g/mol. The molecule has 94 valence electrons. The second kappa shape index (κ2) is 6.77. The molecule has 1 atom stereocenters. The van der Waals surface area contributed by atoms with E-state index in [9.17, 15) is 4.79 Å². The third kappa shape index (κ3) is 3.82. The summed E-state index contributed by atoms with van der Waals surface area (Å²) >= 11 is 3.40. The van der Waals surface area contributed by atoms with Gasteiger partial charge in [0.1, 0.15) is 0 Å². The van der Waals surface area contributed by atoms with E-state index in [0.29, 0.717) is 6.61 Å². The molecule has 4 heteroatoms. The number of benzene rings is 1. The summed E-state index contributed by atoms with van der Waals surface area (Å²) in [7, 11) is 0. The van der Waals surface area contributed by atoms with Gasteiger partial charge in [0.25, 0.3) is 0 Å². The molecule has 2 rings (SSSR count). The topological polar surface area (TPSA) is 46.5 Å². The van der Waals surface area contributed by atoms with Crippen molar-refractivity contribution in [3.63, 3.8) is 0 Å². The number of aliphatic carboxylic acids is 1. The number of carboxylic acid groups (broad SMARTS) is 1. The van der Waals surface area contributed by atoms with Gasteiger partial charge >= 0.3 is 5.97 Å². The quantitative estimate of drug-likeness (QED) is 0.908. The Balaban J connectivity index is 0.000000686. The van der Waals surface area contributed by atoms with Crippen LogP contribution in [0.25, 0.3) is 0 Å². The highest BCUT2D eigenvalue weighted by Gasteiger charge is 2.23. The van der Waals surface area contributed by atoms with Crippen LogP contribution in [0.5, 0.6) is 0 Å². The van der Waals surface area contributed by atoms with Gasteiger partial charge in [-0.05, 0) is 29.7 Å². The van der Waals surface area contributed by atoms with Crippen LogP contribution in [0.1, 0.15) is 37.5 Å². The molecule has 1 heterocycles. The van der Waals surface area contributed by atoms with E-state index >= 15 is 0 Å². The van der Waals surface area contributed by atoms with Crippen LogP contribution in [0, 0.1) is 0 Å². The van der Waals surface area contributed by atoms with Gasteiger partial charge in [0.2, 0.25) is 0 Å². The van der Waals surface area contributed by atoms with Gasteiger partial charge in [0.15, 0.2) is 0 Å². The lowest BCUT2D eigenvalue weighted by molar-refractivity contribution is -0.140. The fourth-order valence-electron chi connectivity index (χ4n) is 1.83. The second-order valence-corrected chi connectivity index (χ2v) is 4.47. The van der Waals surface area contributed by atoms with E-state index in [1.807, 2.05) is 32.0 Å². The Bertz CT molecular complexity index is 390. The van der Waals surface area contributed by atoms with Crippen LogP contribution in [-0.2, 0) is 16.0 Å². The number of ether oxygens (including phenoxy) is 1. The van der Waals surface area contributed by atoms with Crippen molar-refractivity contribution >= 4 is 21.9 Å². The minimum atomic E-state index is -0.823. The molecule has 1 aromatic rings. The lowest BCUT2D eigenvalue weighted by Gasteiger charge is -2.25. The highest BCUT2D eigenvalue weighted by atomic mass is 79.9. The fraction of sp³-hybridized carbons (Fsp3) is 0.462. The monoisotopic (exact) mass is 300 g/mol. The fourth-order valence-corrected chi connectivity index (χ4v) is 2.24. The molecule has 1 N–H and O–H groups in total. The van der Waals surface area contributed by atoms with Gasteiger partial charge in [-0.2, -0.15) is 0 Å². The van der Waals surface area contributed by atoms with Crippen LogP contribution in [-0.4, -0.2) is 17.7 Å². The van der Waals surface area contributed by atoms with Gasteiger partial charge < -0.3 is 9.84 Å². The Labute approximate surface area is 110 Å². The number of carbonyl (C=O) groups is 1. The van der Waals surface area contributed by atoms with Crippen molar-refractivity contribution in [2.24, 2.45) is 0 Å². The molecule has 0 radical (unpaired) electrons. The Morgan fingerprint density at radius 2 is 2.24 bits per heavy atom. The number of fused-ring (bicyclic) bond motifs is 1. The number of hydrogen-bond donors (Lipinski definition) is 1. The Morgan fingerprint density at radius 1 is 1.53 bits per heavy atom. The Kier molecular flexibility index (Phi) is 5.65. The summed E-state index contributed by atoms with van der Waals surface area (Å²) in [5.74, 6) is -0.823. The molecule has 3 nitrogen and oxygen atoms in total. The van der Waals surface area contributed by atoms with Crippen LogP contribution in [0.4, 0.5) is 0 Å². The average Bonchev–Trinajstić information content (AvgIpc) is 2.31. The van der Waals surface area contributed by atoms with Crippen molar-refractivity contribution in [3.05, 3.63) is 33.8 Å². The second-order valence-electron chi connectivity index (χ2n) is 3.55. The van der Waals surface area contributed by atoms with Gasteiger partial charge in [-0.25, -0.2) is 0 Å². The summed E-state index contributed by atoms with van der Waals surface area (Å²) in [5, 5.41) is 8.76. The maximum atomic E-state index is 10.7. The molecule has 1 aliphatic heterocycles. The summed E-state index contributed by atoms with van der Waals surface area (Å²) in [6, 6.07) is 5.89. The van der Waals surface area contributed by atoms with Crippen molar-refractivity contribution in [1.29, 1.82) is 0 Å². The van der Waals surface area contributed by atoms with E-state index in [-0.39, 0.29) is 12.5 Å². The predicted molar refractivity (Wildman–Crippen MR) is 70.1 cm³/mol. The molecule has 0 fully saturated rings. The van der Waals surface area contributed by atoms with E-state index in [4.69, 9.17) is 9.84 Å². The number of carboxylic acids is 1. The van der Waals surface area contributed by atoms with Gasteiger partial charge in [-0.3, -0.25) is 4.79 Å². The first-order valence-electron chi connectivity index (χ1n) is 5.78. The third-order valence-electron chi connectivity index (χ3n) is 2.50. The Hall–Kier alpha value is -0.870. The molecule has 1 unspecified atom stereocenters. The molecule has 0 spiro atoms. The summed E-state index contributed by atoms with van der Waals surface area (Å²) < 4.78 is 6.48. The number of rotatable bonds is 2. The number of hydrogen-bond acceptors (Lipinski definition) is 2. The molecule has 17 heavy (non-hydrogen) atoms. The van der Waals surface area contributed by atoms with Crippen LogP contribution in [0.2, 0.25) is 0 Å². The molecular formula is C13H17BrO3. The van der Waals surface area contributed by atoms with E-state index in [1.54, 1.807) is 0 Å². The normalized spacial score (nSPS) is 17.7. The van der Waals surface area contributed by atoms with Crippen LogP contribution >= 0.6 is 15.9 Å². The molecule has 1 aromatic carbocycles. The van der Waals surface area contributed by atoms with Crippen molar-refractivity contribution in [2.75, 3.05) is 6.61 Å². The Morgan fingerprint density at radius 3 is 2.88 bits per heavy atom. The molecule has 0 saturated heterocycles. The minimum absolute atomic E-state index is 0.0363. The largest absolute Gasteiger partial charge is 0.481 e. The maximum absolute atomic E-state index is 10.7. The zero-order valence-electron chi connectivity index (χ0n) is 10.1. The van der Waals surface area contributed by atoms with Crippen molar-refractivity contribution in [2.45, 2.75) is 32.8 Å². The summed E-state index contributed by atoms with van der Waals surface area (Å²) in [4.78, 5) is 10.7. The van der Waals surface area contributed by atoms with Crippen LogP contribution in [0.15, 0.2) is 22.7 Å². The molecule has 0 saturated carbocycles. The number of halogens is 1. The van der Waals surface area contributed by atoms with E-state index < -0.39 is 5.97 Å². The highest BCUT2D eigenvalue weighted by molar-refractivity contribution is 9.10. The zero-order valence-corrected chi connectivity index (χ0v) is 11.7. The molecule has 0 bridgehead atoms. The van der Waals surface area contributed by atoms with Gasteiger partial charge in [0, 0.05) is 4.47 Å². The van der Waals surface area contributed by atoms with Gasteiger partial charge in [-0.15, -0.1) is 0 Å². The summed E-state index contributed by atoms with van der Waals surface area (Å²) in [5.41, 5.74) is 2.19. The molecule has 0 aromatic heterocycles. The molecule has 0 aliphatic carbocycles. The van der Waals surface area contributed by atoms with Gasteiger partial charge in [0.05, 0.1) is 19.1 Å². The van der Waals surface area contributed by atoms with E-state index in [1.165, 1.54) is 5.56 Å². The van der Waals surface area contributed by atoms with E-state index in [2.05, 4.69) is 15.9 Å². The standard InChI is InChI=1S/C11H11BrO3.C2H6/c12-8-1-2-9-7(5-8)3-4-15-10(9)6-11(13)14;1-2/h1-2,5,10H,3-4,6H2,(H,13,14);1-2H3. The maximum Gasteiger partial charge on any atom is 0.306 e. The summed E-state index contributed by atoms with van der Waals surface area (Å²) in [6.07, 6.45) is 0.596. The zero-order chi connectivity index (χ0) is 12.8. The molecule has 1 aliphatic rings. The molecule has 0 amide bonds. The van der Waals surface area contributed by atoms with Crippen molar-refractivity contribution in [3.8, 4) is 0 Å². The third-order valence-corrected chi connectivity index (χ3v) is 3.00. The first-order valence-corrected chi connectivity index (χ1v) is 6.58. The highest BCUT2D eigenvalue weighted by Crippen LogP contribution is 2.31.